The number of anilines is 1. The molecule has 5 nitrogen and oxygen atoms in total. The lowest BCUT2D eigenvalue weighted by Gasteiger charge is -2.23. The number of sulfonamides is 1. The molecule has 0 saturated heterocycles. The van der Waals surface area contributed by atoms with Gasteiger partial charge < -0.3 is 0 Å². The number of nitrogens with one attached hydrogen (secondary N) is 1. The molecule has 0 radical (unpaired) electrons. The minimum absolute atomic E-state index is 0.0407. The lowest BCUT2D eigenvalue weighted by atomic mass is 9.82. The van der Waals surface area contributed by atoms with E-state index in [9.17, 15) is 8.42 Å². The van der Waals surface area contributed by atoms with Crippen molar-refractivity contribution in [2.45, 2.75) is 37.5 Å². The average molecular weight is 307 g/mol. The van der Waals surface area contributed by atoms with Gasteiger partial charge in [-0.25, -0.2) is 8.42 Å². The minimum Gasteiger partial charge on any atom is -0.276 e. The summed E-state index contributed by atoms with van der Waals surface area (Å²) in [7, 11) is -1.84. The van der Waals surface area contributed by atoms with Crippen LogP contribution in [0.5, 0.6) is 0 Å². The molecular weight excluding hydrogens is 286 g/mol. The highest BCUT2D eigenvalue weighted by Crippen LogP contribution is 2.27. The summed E-state index contributed by atoms with van der Waals surface area (Å²) in [6.45, 7) is 6.41. The SMILES string of the molecule is CCC(C)(C)c1ccc(S(=O)(=O)Nc2cnn(C)c2)cc1. The lowest BCUT2D eigenvalue weighted by molar-refractivity contribution is 0.506. The Kier molecular flexibility index (Phi) is 4.09. The van der Waals surface area contributed by atoms with Gasteiger partial charge in [0.15, 0.2) is 0 Å². The molecule has 1 aromatic carbocycles. The zero-order valence-electron chi connectivity index (χ0n) is 12.8. The molecule has 2 aromatic rings. The number of rotatable bonds is 5. The van der Waals surface area contributed by atoms with E-state index in [0.717, 1.165) is 12.0 Å². The first-order valence-corrected chi connectivity index (χ1v) is 8.35. The van der Waals surface area contributed by atoms with Gasteiger partial charge in [0.05, 0.1) is 16.8 Å². The molecule has 0 aliphatic carbocycles. The fourth-order valence-corrected chi connectivity index (χ4v) is 3.01. The predicted octanol–water partition coefficient (Wildman–Crippen LogP) is 2.91. The molecule has 0 amide bonds. The van der Waals surface area contributed by atoms with E-state index >= 15 is 0 Å². The molecule has 0 bridgehead atoms. The highest BCUT2D eigenvalue weighted by atomic mass is 32.2. The smallest absolute Gasteiger partial charge is 0.261 e. The molecule has 6 heteroatoms. The molecule has 0 atom stereocenters. The Morgan fingerprint density at radius 1 is 1.24 bits per heavy atom. The summed E-state index contributed by atoms with van der Waals surface area (Å²) in [5.74, 6) is 0. The standard InChI is InChI=1S/C15H21N3O2S/c1-5-15(2,3)12-6-8-14(9-7-12)21(19,20)17-13-10-16-18(4)11-13/h6-11,17H,5H2,1-4H3. The monoisotopic (exact) mass is 307 g/mol. The molecule has 0 aliphatic heterocycles. The van der Waals surface area contributed by atoms with Crippen LogP contribution in [-0.4, -0.2) is 18.2 Å². The maximum Gasteiger partial charge on any atom is 0.261 e. The molecule has 1 heterocycles. The number of hydrogen-bond donors (Lipinski definition) is 1. The van der Waals surface area contributed by atoms with Gasteiger partial charge in [0, 0.05) is 13.2 Å². The zero-order chi connectivity index (χ0) is 15.7. The van der Waals surface area contributed by atoms with Crippen LogP contribution in [-0.2, 0) is 22.5 Å². The van der Waals surface area contributed by atoms with E-state index in [1.54, 1.807) is 30.1 Å². The van der Waals surface area contributed by atoms with Crippen molar-refractivity contribution in [3.63, 3.8) is 0 Å². The van der Waals surface area contributed by atoms with Gasteiger partial charge in [0.1, 0.15) is 0 Å². The van der Waals surface area contributed by atoms with Gasteiger partial charge in [-0.1, -0.05) is 32.9 Å². The molecule has 0 aliphatic rings. The number of hydrogen-bond acceptors (Lipinski definition) is 3. The fraction of sp³-hybridized carbons (Fsp3) is 0.400. The molecule has 0 spiro atoms. The second kappa shape index (κ2) is 5.52. The summed E-state index contributed by atoms with van der Waals surface area (Å²) in [4.78, 5) is 0.252. The van der Waals surface area contributed by atoms with E-state index in [1.807, 2.05) is 12.1 Å². The Morgan fingerprint density at radius 2 is 1.86 bits per heavy atom. The van der Waals surface area contributed by atoms with Crippen LogP contribution in [0, 0.1) is 0 Å². The van der Waals surface area contributed by atoms with Crippen LogP contribution in [0.15, 0.2) is 41.6 Å². The summed E-state index contributed by atoms with van der Waals surface area (Å²) < 4.78 is 28.6. The number of nitrogens with zero attached hydrogens (tertiary/aromatic N) is 2. The summed E-state index contributed by atoms with van der Waals surface area (Å²) in [5.41, 5.74) is 1.62. The van der Waals surface area contributed by atoms with Crippen molar-refractivity contribution >= 4 is 15.7 Å². The lowest BCUT2D eigenvalue weighted by Crippen LogP contribution is -2.16. The Morgan fingerprint density at radius 3 is 2.33 bits per heavy atom. The van der Waals surface area contributed by atoms with E-state index in [4.69, 9.17) is 0 Å². The van der Waals surface area contributed by atoms with Gasteiger partial charge >= 0.3 is 0 Å². The van der Waals surface area contributed by atoms with Gasteiger partial charge in [-0.3, -0.25) is 9.40 Å². The quantitative estimate of drug-likeness (QED) is 0.923. The van der Waals surface area contributed by atoms with Crippen molar-refractivity contribution in [2.24, 2.45) is 7.05 Å². The summed E-state index contributed by atoms with van der Waals surface area (Å²) in [6.07, 6.45) is 4.09. The maximum atomic E-state index is 12.3. The summed E-state index contributed by atoms with van der Waals surface area (Å²) >= 11 is 0. The van der Waals surface area contributed by atoms with E-state index in [-0.39, 0.29) is 10.3 Å². The van der Waals surface area contributed by atoms with E-state index < -0.39 is 10.0 Å². The third kappa shape index (κ3) is 3.44. The topological polar surface area (TPSA) is 64.0 Å². The van der Waals surface area contributed by atoms with E-state index in [0.29, 0.717) is 5.69 Å². The largest absolute Gasteiger partial charge is 0.276 e. The minimum atomic E-state index is -3.57. The first-order valence-electron chi connectivity index (χ1n) is 6.86. The van der Waals surface area contributed by atoms with Crippen molar-refractivity contribution in [2.75, 3.05) is 4.72 Å². The fourth-order valence-electron chi connectivity index (χ4n) is 1.98. The first-order chi connectivity index (χ1) is 9.74. The molecule has 0 unspecified atom stereocenters. The summed E-state index contributed by atoms with van der Waals surface area (Å²) in [6, 6.07) is 7.04. The van der Waals surface area contributed by atoms with Crippen molar-refractivity contribution in [1.29, 1.82) is 0 Å². The molecule has 114 valence electrons. The second-order valence-corrected chi connectivity index (χ2v) is 7.45. The Balaban J connectivity index is 2.25. The normalized spacial score (nSPS) is 12.4. The molecule has 0 fully saturated rings. The molecule has 1 aromatic heterocycles. The molecular formula is C15H21N3O2S. The predicted molar refractivity (Wildman–Crippen MR) is 83.8 cm³/mol. The molecule has 21 heavy (non-hydrogen) atoms. The van der Waals surface area contributed by atoms with Crippen LogP contribution < -0.4 is 4.72 Å². The van der Waals surface area contributed by atoms with Crippen molar-refractivity contribution < 1.29 is 8.42 Å². The van der Waals surface area contributed by atoms with Crippen LogP contribution in [0.2, 0.25) is 0 Å². The van der Waals surface area contributed by atoms with Crippen LogP contribution in [0.1, 0.15) is 32.8 Å². The number of benzene rings is 1. The Bertz CT molecular complexity index is 716. The highest BCUT2D eigenvalue weighted by Gasteiger charge is 2.20. The zero-order valence-corrected chi connectivity index (χ0v) is 13.6. The van der Waals surface area contributed by atoms with E-state index in [2.05, 4.69) is 30.6 Å². The van der Waals surface area contributed by atoms with Gasteiger partial charge in [0.2, 0.25) is 0 Å². The van der Waals surface area contributed by atoms with Crippen LogP contribution in [0.25, 0.3) is 0 Å². The maximum absolute atomic E-state index is 12.3. The number of aryl methyl sites for hydroxylation is 1. The van der Waals surface area contributed by atoms with Gasteiger partial charge in [-0.05, 0) is 29.5 Å². The van der Waals surface area contributed by atoms with Crippen molar-refractivity contribution in [3.8, 4) is 0 Å². The Hall–Kier alpha value is -1.82. The van der Waals surface area contributed by atoms with Crippen LogP contribution in [0.3, 0.4) is 0 Å². The Labute approximate surface area is 126 Å². The van der Waals surface area contributed by atoms with Crippen molar-refractivity contribution in [3.05, 3.63) is 42.2 Å². The third-order valence-electron chi connectivity index (χ3n) is 3.79. The highest BCUT2D eigenvalue weighted by molar-refractivity contribution is 7.92. The molecule has 2 rings (SSSR count). The van der Waals surface area contributed by atoms with Crippen LogP contribution >= 0.6 is 0 Å². The van der Waals surface area contributed by atoms with Gasteiger partial charge in [-0.15, -0.1) is 0 Å². The summed E-state index contributed by atoms with van der Waals surface area (Å²) in [5, 5.41) is 3.94. The average Bonchev–Trinajstić information content (AvgIpc) is 2.83. The third-order valence-corrected chi connectivity index (χ3v) is 5.18. The van der Waals surface area contributed by atoms with Crippen molar-refractivity contribution in [1.82, 2.24) is 9.78 Å². The van der Waals surface area contributed by atoms with Crippen LogP contribution in [0.4, 0.5) is 5.69 Å². The van der Waals surface area contributed by atoms with Gasteiger partial charge in [0.25, 0.3) is 10.0 Å². The first kappa shape index (κ1) is 15.6. The number of aromatic nitrogens is 2. The molecule has 1 N–H and O–H groups in total. The van der Waals surface area contributed by atoms with Gasteiger partial charge in [-0.2, -0.15) is 5.10 Å². The second-order valence-electron chi connectivity index (χ2n) is 5.77. The van der Waals surface area contributed by atoms with E-state index in [1.165, 1.54) is 6.20 Å². The molecule has 0 saturated carbocycles.